The topological polar surface area (TPSA) is 65.5 Å². The molecule has 0 radical (unpaired) electrons. The number of halogens is 3. The predicted molar refractivity (Wildman–Crippen MR) is 80.2 cm³/mol. The lowest BCUT2D eigenvalue weighted by molar-refractivity contribution is -0.0623. The first-order chi connectivity index (χ1) is 10.9. The standard InChI is InChI=1S/C16H11F3N4/c17-16(18,19)15(21)23-12-9-5-4-8-11(12)22-13(14(23)20)10-6-2-1-3-7-10/h1-9,20-21H. The Morgan fingerprint density at radius 2 is 1.57 bits per heavy atom. The lowest BCUT2D eigenvalue weighted by Crippen LogP contribution is -2.38. The van der Waals surface area contributed by atoms with E-state index in [0.717, 1.165) is 0 Å². The van der Waals surface area contributed by atoms with Gasteiger partial charge in [-0.1, -0.05) is 42.5 Å². The minimum Gasteiger partial charge on any atom is -0.282 e. The molecule has 0 aliphatic rings. The van der Waals surface area contributed by atoms with Crippen LogP contribution in [0.2, 0.25) is 0 Å². The molecule has 0 bridgehead atoms. The molecule has 1 aromatic heterocycles. The Labute approximate surface area is 128 Å². The number of hydrogen-bond donors (Lipinski definition) is 2. The summed E-state index contributed by atoms with van der Waals surface area (Å²) in [5.74, 6) is -1.61. The number of rotatable bonds is 1. The fourth-order valence-corrected chi connectivity index (χ4v) is 2.30. The molecule has 0 saturated heterocycles. The fourth-order valence-electron chi connectivity index (χ4n) is 2.30. The number of benzene rings is 2. The maximum absolute atomic E-state index is 13.0. The second-order valence-electron chi connectivity index (χ2n) is 4.85. The van der Waals surface area contributed by atoms with Gasteiger partial charge >= 0.3 is 6.18 Å². The Hall–Kier alpha value is -2.96. The Kier molecular flexibility index (Phi) is 3.48. The van der Waals surface area contributed by atoms with Gasteiger partial charge in [-0.3, -0.25) is 15.4 Å². The maximum Gasteiger partial charge on any atom is 0.449 e. The number of nitrogens with zero attached hydrogens (tertiary/aromatic N) is 2. The van der Waals surface area contributed by atoms with Gasteiger partial charge in [0.25, 0.3) is 0 Å². The van der Waals surface area contributed by atoms with E-state index in [1.807, 2.05) is 0 Å². The second kappa shape index (κ2) is 5.35. The minimum atomic E-state index is -4.86. The lowest BCUT2D eigenvalue weighted by Gasteiger charge is -2.16. The van der Waals surface area contributed by atoms with Crippen molar-refractivity contribution in [2.45, 2.75) is 6.18 Å². The summed E-state index contributed by atoms with van der Waals surface area (Å²) in [5.41, 5.74) is 0.498. The van der Waals surface area contributed by atoms with Crippen LogP contribution in [-0.2, 0) is 0 Å². The molecule has 0 amide bonds. The summed E-state index contributed by atoms with van der Waals surface area (Å²) in [4.78, 5) is 4.30. The van der Waals surface area contributed by atoms with E-state index in [2.05, 4.69) is 4.98 Å². The van der Waals surface area contributed by atoms with Gasteiger partial charge in [-0.2, -0.15) is 13.2 Å². The van der Waals surface area contributed by atoms with Crippen LogP contribution in [0.15, 0.2) is 54.6 Å². The third kappa shape index (κ3) is 2.61. The molecule has 4 nitrogen and oxygen atoms in total. The second-order valence-corrected chi connectivity index (χ2v) is 4.85. The van der Waals surface area contributed by atoms with E-state index in [4.69, 9.17) is 10.8 Å². The van der Waals surface area contributed by atoms with Crippen LogP contribution in [0.1, 0.15) is 0 Å². The van der Waals surface area contributed by atoms with Crippen molar-refractivity contribution in [2.75, 3.05) is 0 Å². The molecule has 116 valence electrons. The molecular weight excluding hydrogens is 305 g/mol. The number of fused-ring (bicyclic) bond motifs is 1. The normalized spacial score (nSPS) is 11.6. The number of alkyl halides is 3. The van der Waals surface area contributed by atoms with Gasteiger partial charge in [0.05, 0.1) is 11.0 Å². The van der Waals surface area contributed by atoms with Gasteiger partial charge in [-0.15, -0.1) is 0 Å². The average Bonchev–Trinajstić information content (AvgIpc) is 2.54. The molecule has 2 N–H and O–H groups in total. The zero-order valence-electron chi connectivity index (χ0n) is 11.7. The highest BCUT2D eigenvalue weighted by molar-refractivity contribution is 5.95. The van der Waals surface area contributed by atoms with E-state index < -0.39 is 17.5 Å². The zero-order chi connectivity index (χ0) is 16.6. The van der Waals surface area contributed by atoms with E-state index >= 15 is 0 Å². The molecule has 3 aromatic rings. The van der Waals surface area contributed by atoms with Crippen molar-refractivity contribution >= 4 is 16.9 Å². The molecule has 0 spiro atoms. The van der Waals surface area contributed by atoms with Crippen molar-refractivity contribution in [2.24, 2.45) is 0 Å². The summed E-state index contributed by atoms with van der Waals surface area (Å²) in [6.07, 6.45) is -4.86. The first kappa shape index (κ1) is 15.0. The molecule has 7 heteroatoms. The SMILES string of the molecule is N=C(n1c(=N)c(-c2ccccc2)nc2ccccc21)C(F)(F)F. The smallest absolute Gasteiger partial charge is 0.282 e. The van der Waals surface area contributed by atoms with Crippen LogP contribution in [0.3, 0.4) is 0 Å². The van der Waals surface area contributed by atoms with E-state index in [1.165, 1.54) is 6.07 Å². The minimum absolute atomic E-state index is 0.0690. The molecule has 0 atom stereocenters. The molecule has 2 aromatic carbocycles. The Bertz CT molecular complexity index is 943. The Morgan fingerprint density at radius 3 is 2.22 bits per heavy atom. The number of aromatic nitrogens is 2. The zero-order valence-corrected chi connectivity index (χ0v) is 11.7. The van der Waals surface area contributed by atoms with E-state index in [9.17, 15) is 13.2 Å². The third-order valence-electron chi connectivity index (χ3n) is 3.34. The van der Waals surface area contributed by atoms with Gasteiger partial charge in [-0.05, 0) is 12.1 Å². The van der Waals surface area contributed by atoms with Gasteiger partial charge in [0.15, 0.2) is 5.49 Å². The van der Waals surface area contributed by atoms with Crippen LogP contribution >= 0.6 is 0 Å². The largest absolute Gasteiger partial charge is 0.449 e. The molecule has 3 rings (SSSR count). The van der Waals surface area contributed by atoms with Crippen LogP contribution in [0, 0.1) is 10.8 Å². The van der Waals surface area contributed by atoms with Crippen LogP contribution in [0.4, 0.5) is 13.2 Å². The molecule has 0 saturated carbocycles. The van der Waals surface area contributed by atoms with Crippen molar-refractivity contribution < 1.29 is 13.2 Å². The molecule has 23 heavy (non-hydrogen) atoms. The van der Waals surface area contributed by atoms with Crippen molar-refractivity contribution in [3.8, 4) is 11.3 Å². The predicted octanol–water partition coefficient (Wildman–Crippen LogP) is 3.57. The highest BCUT2D eigenvalue weighted by atomic mass is 19.4. The number of para-hydroxylation sites is 2. The first-order valence-corrected chi connectivity index (χ1v) is 6.67. The molecule has 1 heterocycles. The fraction of sp³-hybridized carbons (Fsp3) is 0.0625. The first-order valence-electron chi connectivity index (χ1n) is 6.67. The number of hydrogen-bond acceptors (Lipinski definition) is 3. The highest BCUT2D eigenvalue weighted by Gasteiger charge is 2.37. The Balaban J connectivity index is 2.40. The van der Waals surface area contributed by atoms with Gasteiger partial charge in [-0.25, -0.2) is 4.98 Å². The summed E-state index contributed by atoms with van der Waals surface area (Å²) in [7, 11) is 0. The molecule has 0 fully saturated rings. The molecule has 0 unspecified atom stereocenters. The van der Waals surface area contributed by atoms with Crippen molar-refractivity contribution in [3.05, 3.63) is 60.1 Å². The molecular formula is C16H11F3N4. The summed E-state index contributed by atoms with van der Waals surface area (Å²) in [5, 5.41) is 15.6. The molecule has 0 aliphatic heterocycles. The van der Waals surface area contributed by atoms with Crippen LogP contribution < -0.4 is 5.49 Å². The maximum atomic E-state index is 13.0. The van der Waals surface area contributed by atoms with Gasteiger partial charge < -0.3 is 0 Å². The van der Waals surface area contributed by atoms with Crippen molar-refractivity contribution in [3.63, 3.8) is 0 Å². The third-order valence-corrected chi connectivity index (χ3v) is 3.34. The quantitative estimate of drug-likeness (QED) is 0.523. The van der Waals surface area contributed by atoms with Gasteiger partial charge in [0.1, 0.15) is 5.69 Å². The van der Waals surface area contributed by atoms with E-state index in [-0.39, 0.29) is 16.7 Å². The monoisotopic (exact) mass is 316 g/mol. The van der Waals surface area contributed by atoms with Crippen molar-refractivity contribution in [1.29, 1.82) is 10.8 Å². The van der Waals surface area contributed by atoms with E-state index in [1.54, 1.807) is 48.5 Å². The van der Waals surface area contributed by atoms with Crippen LogP contribution in [0.5, 0.6) is 0 Å². The summed E-state index contributed by atoms with van der Waals surface area (Å²) >= 11 is 0. The van der Waals surface area contributed by atoms with E-state index in [0.29, 0.717) is 10.1 Å². The van der Waals surface area contributed by atoms with Crippen LogP contribution in [0.25, 0.3) is 22.3 Å². The lowest BCUT2D eigenvalue weighted by atomic mass is 10.1. The Morgan fingerprint density at radius 1 is 0.957 bits per heavy atom. The summed E-state index contributed by atoms with van der Waals surface area (Å²) in [6.45, 7) is 0. The van der Waals surface area contributed by atoms with Crippen LogP contribution in [-0.4, -0.2) is 21.6 Å². The highest BCUT2D eigenvalue weighted by Crippen LogP contribution is 2.22. The van der Waals surface area contributed by atoms with Gasteiger partial charge in [0, 0.05) is 5.56 Å². The average molecular weight is 316 g/mol. The molecule has 0 aliphatic carbocycles. The number of nitrogens with one attached hydrogen (secondary N) is 2. The van der Waals surface area contributed by atoms with Crippen molar-refractivity contribution in [1.82, 2.24) is 9.55 Å². The summed E-state index contributed by atoms with van der Waals surface area (Å²) < 4.78 is 39.7. The summed E-state index contributed by atoms with van der Waals surface area (Å²) in [6, 6.07) is 14.7. The van der Waals surface area contributed by atoms with Gasteiger partial charge in [0.2, 0.25) is 5.84 Å².